The van der Waals surface area contributed by atoms with Crippen LogP contribution in [-0.2, 0) is 9.73 Å². The van der Waals surface area contributed by atoms with Crippen molar-refractivity contribution in [2.45, 2.75) is 51.7 Å². The molecule has 0 radical (unpaired) electrons. The summed E-state index contributed by atoms with van der Waals surface area (Å²) in [6, 6.07) is 1.50. The first-order chi connectivity index (χ1) is 14.5. The molecule has 11 heteroatoms. The zero-order valence-corrected chi connectivity index (χ0v) is 19.1. The molecule has 1 amide bonds. The van der Waals surface area contributed by atoms with Crippen LogP contribution in [0.5, 0.6) is 0 Å². The second-order valence-electron chi connectivity index (χ2n) is 8.17. The van der Waals surface area contributed by atoms with Crippen molar-refractivity contribution in [3.05, 3.63) is 45.3 Å². The van der Waals surface area contributed by atoms with E-state index in [1.165, 1.54) is 12.3 Å². The van der Waals surface area contributed by atoms with Crippen molar-refractivity contribution in [3.63, 3.8) is 0 Å². The molecule has 2 aromatic rings. The van der Waals surface area contributed by atoms with Crippen LogP contribution in [-0.4, -0.2) is 49.6 Å². The molecule has 10 nitrogen and oxygen atoms in total. The highest BCUT2D eigenvalue weighted by molar-refractivity contribution is 7.93. The molecule has 1 fully saturated rings. The Morgan fingerprint density at radius 3 is 2.55 bits per heavy atom. The second-order valence-corrected chi connectivity index (χ2v) is 10.7. The van der Waals surface area contributed by atoms with E-state index in [1.807, 2.05) is 18.7 Å². The number of nitrogens with zero attached hydrogens (tertiary/aromatic N) is 5. The number of aromatic nitrogens is 2. The first-order valence-corrected chi connectivity index (χ1v) is 12.1. The molecule has 1 saturated heterocycles. The minimum atomic E-state index is -2.83. The van der Waals surface area contributed by atoms with E-state index in [9.17, 15) is 19.1 Å². The van der Waals surface area contributed by atoms with Crippen LogP contribution < -0.4 is 4.90 Å². The van der Waals surface area contributed by atoms with Gasteiger partial charge in [0.2, 0.25) is 5.82 Å². The van der Waals surface area contributed by atoms with Crippen LogP contribution >= 0.6 is 0 Å². The van der Waals surface area contributed by atoms with Gasteiger partial charge in [0.05, 0.1) is 14.7 Å². The number of rotatable bonds is 5. The van der Waals surface area contributed by atoms with Gasteiger partial charge >= 0.3 is 11.6 Å². The van der Waals surface area contributed by atoms with Gasteiger partial charge in [-0.05, 0) is 32.3 Å². The zero-order chi connectivity index (χ0) is 22.9. The van der Waals surface area contributed by atoms with E-state index >= 15 is 0 Å². The number of hydrogen-bond donors (Lipinski definition) is 0. The number of carbonyl (C=O) groups is 1. The number of hydrogen-bond acceptors (Lipinski definition) is 8. The summed E-state index contributed by atoms with van der Waals surface area (Å²) in [6.07, 6.45) is 4.04. The topological polar surface area (TPSA) is 132 Å². The lowest BCUT2D eigenvalue weighted by atomic mass is 10.1. The number of oxazole rings is 1. The molecule has 3 rings (SSSR count). The van der Waals surface area contributed by atoms with Gasteiger partial charge in [0.1, 0.15) is 5.76 Å². The maximum absolute atomic E-state index is 13.3. The van der Waals surface area contributed by atoms with E-state index in [1.54, 1.807) is 20.0 Å². The summed E-state index contributed by atoms with van der Waals surface area (Å²) in [5, 5.41) is 11.1. The average molecular weight is 450 g/mol. The molecular formula is C20H27N5O5S. The Bertz CT molecular complexity index is 1120. The number of nitro groups is 1. The quantitative estimate of drug-likeness (QED) is 0.499. The first-order valence-electron chi connectivity index (χ1n) is 10.1. The van der Waals surface area contributed by atoms with Gasteiger partial charge < -0.3 is 9.32 Å². The minimum Gasteiger partial charge on any atom is -0.445 e. The third-order valence-corrected chi connectivity index (χ3v) is 7.55. The molecule has 31 heavy (non-hydrogen) atoms. The minimum absolute atomic E-state index is 0.0231. The zero-order valence-electron chi connectivity index (χ0n) is 18.3. The fourth-order valence-electron chi connectivity index (χ4n) is 3.57. The van der Waals surface area contributed by atoms with Crippen LogP contribution in [0.3, 0.4) is 0 Å². The number of pyridine rings is 1. The van der Waals surface area contributed by atoms with E-state index < -0.39 is 20.6 Å². The summed E-state index contributed by atoms with van der Waals surface area (Å²) in [4.78, 5) is 33.9. The number of anilines is 1. The highest BCUT2D eigenvalue weighted by Crippen LogP contribution is 2.30. The van der Waals surface area contributed by atoms with Gasteiger partial charge in [0.25, 0.3) is 0 Å². The highest BCUT2D eigenvalue weighted by atomic mass is 32.2. The Morgan fingerprint density at radius 1 is 1.35 bits per heavy atom. The Hall–Kier alpha value is -2.82. The number of aryl methyl sites for hydroxylation is 2. The highest BCUT2D eigenvalue weighted by Gasteiger charge is 2.31. The van der Waals surface area contributed by atoms with Crippen LogP contribution in [0.2, 0.25) is 0 Å². The normalized spacial score (nSPS) is 16.9. The SMILES string of the molecule is Cc1cnc(N2CCC(S(C)(=O)=NC(=O)c3nc(C(C)C)oc3C)CC2)c([N+](=O)[O-])c1. The summed E-state index contributed by atoms with van der Waals surface area (Å²) < 4.78 is 22.8. The lowest BCUT2D eigenvalue weighted by Crippen LogP contribution is -2.39. The fraction of sp³-hybridized carbons (Fsp3) is 0.550. The monoisotopic (exact) mass is 449 g/mol. The first kappa shape index (κ1) is 22.9. The predicted molar refractivity (Wildman–Crippen MR) is 117 cm³/mol. The Labute approximate surface area is 181 Å². The van der Waals surface area contributed by atoms with Crippen molar-refractivity contribution >= 4 is 27.1 Å². The van der Waals surface area contributed by atoms with Crippen LogP contribution in [0.25, 0.3) is 0 Å². The van der Waals surface area contributed by atoms with Gasteiger partial charge in [-0.3, -0.25) is 14.9 Å². The Balaban J connectivity index is 1.76. The molecule has 1 unspecified atom stereocenters. The molecule has 0 N–H and O–H groups in total. The Kier molecular flexibility index (Phi) is 6.44. The second kappa shape index (κ2) is 8.74. The molecule has 0 bridgehead atoms. The van der Waals surface area contributed by atoms with Crippen LogP contribution in [0.1, 0.15) is 60.3 Å². The molecule has 2 aromatic heterocycles. The molecule has 3 heterocycles. The van der Waals surface area contributed by atoms with Gasteiger partial charge in [-0.25, -0.2) is 14.2 Å². The molecule has 1 aliphatic heterocycles. The van der Waals surface area contributed by atoms with E-state index in [4.69, 9.17) is 4.42 Å². The van der Waals surface area contributed by atoms with Crippen molar-refractivity contribution in [2.24, 2.45) is 4.36 Å². The summed E-state index contributed by atoms with van der Waals surface area (Å²) in [5.41, 5.74) is 0.760. The largest absolute Gasteiger partial charge is 0.445 e. The lowest BCUT2D eigenvalue weighted by Gasteiger charge is -2.32. The predicted octanol–water partition coefficient (Wildman–Crippen LogP) is 3.63. The van der Waals surface area contributed by atoms with E-state index in [2.05, 4.69) is 14.3 Å². The number of carbonyl (C=O) groups excluding carboxylic acids is 1. The molecule has 0 spiro atoms. The van der Waals surface area contributed by atoms with Crippen molar-refractivity contribution in [3.8, 4) is 0 Å². The third-order valence-electron chi connectivity index (χ3n) is 5.31. The number of piperidine rings is 1. The summed E-state index contributed by atoms with van der Waals surface area (Å²) in [7, 11) is -2.83. The number of amides is 1. The van der Waals surface area contributed by atoms with Crippen molar-refractivity contribution < 1.29 is 18.3 Å². The molecule has 1 atom stereocenters. The standard InChI is InChI=1S/C20H27N5O5S/c1-12(2)20-22-17(14(4)30-20)19(26)23-31(5,29)15-6-8-24(9-7-15)18-16(25(27)28)10-13(3)11-21-18/h10-12,15H,6-9H2,1-5H3. The third kappa shape index (κ3) is 4.92. The van der Waals surface area contributed by atoms with E-state index in [-0.39, 0.29) is 22.5 Å². The molecular weight excluding hydrogens is 422 g/mol. The van der Waals surface area contributed by atoms with Crippen LogP contribution in [0.4, 0.5) is 11.5 Å². The molecule has 0 aliphatic carbocycles. The van der Waals surface area contributed by atoms with Gasteiger partial charge in [-0.15, -0.1) is 0 Å². The smallest absolute Gasteiger partial charge is 0.311 e. The molecule has 168 valence electrons. The van der Waals surface area contributed by atoms with Gasteiger partial charge in [-0.2, -0.15) is 4.36 Å². The lowest BCUT2D eigenvalue weighted by molar-refractivity contribution is -0.384. The molecule has 0 aromatic carbocycles. The summed E-state index contributed by atoms with van der Waals surface area (Å²) in [5.74, 6) is 0.498. The van der Waals surface area contributed by atoms with Gasteiger partial charge in [-0.1, -0.05) is 13.8 Å². The van der Waals surface area contributed by atoms with E-state index in [0.29, 0.717) is 49.0 Å². The molecule has 1 aliphatic rings. The van der Waals surface area contributed by atoms with Gasteiger partial charge in [0.15, 0.2) is 11.6 Å². The maximum atomic E-state index is 13.3. The molecule has 0 saturated carbocycles. The van der Waals surface area contributed by atoms with Crippen LogP contribution in [0, 0.1) is 24.0 Å². The average Bonchev–Trinajstić information content (AvgIpc) is 3.10. The van der Waals surface area contributed by atoms with Crippen LogP contribution in [0.15, 0.2) is 21.0 Å². The van der Waals surface area contributed by atoms with Crippen molar-refractivity contribution in [1.82, 2.24) is 9.97 Å². The van der Waals surface area contributed by atoms with Crippen molar-refractivity contribution in [2.75, 3.05) is 24.2 Å². The van der Waals surface area contributed by atoms with E-state index in [0.717, 1.165) is 0 Å². The van der Waals surface area contributed by atoms with Gasteiger partial charge in [0, 0.05) is 42.8 Å². The van der Waals surface area contributed by atoms with Crippen molar-refractivity contribution in [1.29, 1.82) is 0 Å². The fourth-order valence-corrected chi connectivity index (χ4v) is 5.22. The maximum Gasteiger partial charge on any atom is 0.311 e. The Morgan fingerprint density at radius 2 is 2.00 bits per heavy atom. The summed E-state index contributed by atoms with van der Waals surface area (Å²) >= 11 is 0. The summed E-state index contributed by atoms with van der Waals surface area (Å²) in [6.45, 7) is 8.08.